The number of H-pyrrole nitrogens is 1. The van der Waals surface area contributed by atoms with E-state index in [0.29, 0.717) is 17.2 Å². The third kappa shape index (κ3) is 2.74. The molecule has 2 aromatic rings. The van der Waals surface area contributed by atoms with Crippen LogP contribution in [0.1, 0.15) is 16.9 Å². The lowest BCUT2D eigenvalue weighted by Crippen LogP contribution is -2.36. The Morgan fingerprint density at radius 3 is 2.64 bits per heavy atom. The van der Waals surface area contributed by atoms with Crippen molar-refractivity contribution in [3.05, 3.63) is 23.9 Å². The molecule has 1 aromatic carbocycles. The number of fused-ring (bicyclic) bond motifs is 1. The van der Waals surface area contributed by atoms with Crippen molar-refractivity contribution in [1.29, 1.82) is 0 Å². The Morgan fingerprint density at radius 2 is 2.00 bits per heavy atom. The summed E-state index contributed by atoms with van der Waals surface area (Å²) in [5.41, 5.74) is 1.41. The maximum atomic E-state index is 12.4. The SMILES string of the molecule is COc1cc2cc(C(=O)N[C@@H]3CCN(C)C3)[nH]c2cc1OC. The maximum Gasteiger partial charge on any atom is 0.267 e. The zero-order valence-electron chi connectivity index (χ0n) is 13.1. The molecule has 0 aliphatic carbocycles. The normalized spacial score (nSPS) is 18.6. The molecule has 0 spiro atoms. The number of amides is 1. The molecule has 0 radical (unpaired) electrons. The van der Waals surface area contributed by atoms with E-state index in [1.807, 2.05) is 18.2 Å². The minimum Gasteiger partial charge on any atom is -0.493 e. The highest BCUT2D eigenvalue weighted by Crippen LogP contribution is 2.32. The van der Waals surface area contributed by atoms with Crippen LogP contribution in [0.2, 0.25) is 0 Å². The Morgan fingerprint density at radius 1 is 1.27 bits per heavy atom. The zero-order chi connectivity index (χ0) is 15.7. The topological polar surface area (TPSA) is 66.6 Å². The van der Waals surface area contributed by atoms with Gasteiger partial charge in [0, 0.05) is 29.6 Å². The highest BCUT2D eigenvalue weighted by molar-refractivity contribution is 5.98. The summed E-state index contributed by atoms with van der Waals surface area (Å²) in [7, 11) is 5.26. The van der Waals surface area contributed by atoms with Crippen LogP contribution in [0.5, 0.6) is 11.5 Å². The van der Waals surface area contributed by atoms with Crippen molar-refractivity contribution in [2.45, 2.75) is 12.5 Å². The molecule has 3 rings (SSSR count). The van der Waals surface area contributed by atoms with Gasteiger partial charge in [0.15, 0.2) is 11.5 Å². The molecule has 6 nitrogen and oxygen atoms in total. The second-order valence-corrected chi connectivity index (χ2v) is 5.70. The van der Waals surface area contributed by atoms with Crippen LogP contribution >= 0.6 is 0 Å². The van der Waals surface area contributed by atoms with Crippen molar-refractivity contribution >= 4 is 16.8 Å². The number of likely N-dealkylation sites (tertiary alicyclic amines) is 1. The van der Waals surface area contributed by atoms with Gasteiger partial charge >= 0.3 is 0 Å². The van der Waals surface area contributed by atoms with Gasteiger partial charge in [-0.15, -0.1) is 0 Å². The minimum absolute atomic E-state index is 0.0746. The molecular weight excluding hydrogens is 282 g/mol. The number of likely N-dealkylation sites (N-methyl/N-ethyl adjacent to an activating group) is 1. The van der Waals surface area contributed by atoms with E-state index >= 15 is 0 Å². The second-order valence-electron chi connectivity index (χ2n) is 5.70. The lowest BCUT2D eigenvalue weighted by Gasteiger charge is -2.11. The number of hydrogen-bond acceptors (Lipinski definition) is 4. The van der Waals surface area contributed by atoms with Crippen molar-refractivity contribution in [2.75, 3.05) is 34.4 Å². The molecule has 6 heteroatoms. The Balaban J connectivity index is 1.83. The predicted octanol–water partition coefficient (Wildman–Crippen LogP) is 1.62. The fraction of sp³-hybridized carbons (Fsp3) is 0.438. The van der Waals surface area contributed by atoms with E-state index < -0.39 is 0 Å². The van der Waals surface area contributed by atoms with Gasteiger partial charge in [-0.1, -0.05) is 0 Å². The summed E-state index contributed by atoms with van der Waals surface area (Å²) in [6.07, 6.45) is 0.990. The van der Waals surface area contributed by atoms with Crippen LogP contribution in [-0.4, -0.2) is 56.2 Å². The number of nitrogens with one attached hydrogen (secondary N) is 2. The number of nitrogens with zero attached hydrogens (tertiary/aromatic N) is 1. The monoisotopic (exact) mass is 303 g/mol. The van der Waals surface area contributed by atoms with Gasteiger partial charge in [-0.05, 0) is 32.1 Å². The van der Waals surface area contributed by atoms with Crippen LogP contribution in [0.3, 0.4) is 0 Å². The van der Waals surface area contributed by atoms with Crippen LogP contribution < -0.4 is 14.8 Å². The first kappa shape index (κ1) is 14.7. The Bertz CT molecular complexity index is 654. The number of aromatic nitrogens is 1. The molecule has 1 aromatic heterocycles. The van der Waals surface area contributed by atoms with Crippen LogP contribution in [0.15, 0.2) is 18.2 Å². The third-order valence-corrected chi connectivity index (χ3v) is 4.10. The number of aromatic amines is 1. The second kappa shape index (κ2) is 5.88. The molecule has 1 amide bonds. The molecule has 0 saturated carbocycles. The Hall–Kier alpha value is -2.21. The highest BCUT2D eigenvalue weighted by atomic mass is 16.5. The van der Waals surface area contributed by atoms with E-state index in [0.717, 1.165) is 30.4 Å². The quantitative estimate of drug-likeness (QED) is 0.901. The molecule has 2 heterocycles. The van der Waals surface area contributed by atoms with Crippen molar-refractivity contribution in [1.82, 2.24) is 15.2 Å². The molecule has 22 heavy (non-hydrogen) atoms. The summed E-state index contributed by atoms with van der Waals surface area (Å²) in [6, 6.07) is 5.76. The van der Waals surface area contributed by atoms with Gasteiger partial charge in [0.05, 0.1) is 14.2 Å². The maximum absolute atomic E-state index is 12.4. The molecule has 1 saturated heterocycles. The van der Waals surface area contributed by atoms with Crippen LogP contribution in [-0.2, 0) is 0 Å². The number of benzene rings is 1. The number of hydrogen-bond donors (Lipinski definition) is 2. The van der Waals surface area contributed by atoms with Crippen LogP contribution in [0, 0.1) is 0 Å². The van der Waals surface area contributed by atoms with Gasteiger partial charge in [-0.3, -0.25) is 4.79 Å². The van der Waals surface area contributed by atoms with E-state index in [-0.39, 0.29) is 11.9 Å². The summed E-state index contributed by atoms with van der Waals surface area (Å²) < 4.78 is 10.6. The van der Waals surface area contributed by atoms with Gasteiger partial charge in [0.1, 0.15) is 5.69 Å². The van der Waals surface area contributed by atoms with E-state index in [4.69, 9.17) is 9.47 Å². The van der Waals surface area contributed by atoms with Gasteiger partial charge in [0.2, 0.25) is 0 Å². The van der Waals surface area contributed by atoms with Gasteiger partial charge in [-0.25, -0.2) is 0 Å². The van der Waals surface area contributed by atoms with Gasteiger partial charge in [-0.2, -0.15) is 0 Å². The molecule has 1 atom stereocenters. The first-order valence-electron chi connectivity index (χ1n) is 7.35. The van der Waals surface area contributed by atoms with E-state index in [1.54, 1.807) is 14.2 Å². The number of rotatable bonds is 4. The molecule has 0 unspecified atom stereocenters. The predicted molar refractivity (Wildman–Crippen MR) is 84.8 cm³/mol. The summed E-state index contributed by atoms with van der Waals surface area (Å²) in [6.45, 7) is 1.92. The fourth-order valence-corrected chi connectivity index (χ4v) is 2.90. The molecule has 118 valence electrons. The molecule has 2 N–H and O–H groups in total. The van der Waals surface area contributed by atoms with Crippen molar-refractivity contribution < 1.29 is 14.3 Å². The summed E-state index contributed by atoms with van der Waals surface area (Å²) in [5.74, 6) is 1.22. The molecular formula is C16H21N3O3. The van der Waals surface area contributed by atoms with Crippen molar-refractivity contribution in [3.8, 4) is 11.5 Å². The number of ether oxygens (including phenoxy) is 2. The number of carbonyl (C=O) groups is 1. The van der Waals surface area contributed by atoms with Crippen LogP contribution in [0.25, 0.3) is 10.9 Å². The molecule has 1 aliphatic heterocycles. The average molecular weight is 303 g/mol. The minimum atomic E-state index is -0.0746. The van der Waals surface area contributed by atoms with Gasteiger partial charge < -0.3 is 24.7 Å². The largest absolute Gasteiger partial charge is 0.493 e. The number of methoxy groups -OCH3 is 2. The zero-order valence-corrected chi connectivity index (χ0v) is 13.1. The summed E-state index contributed by atoms with van der Waals surface area (Å²) >= 11 is 0. The average Bonchev–Trinajstić information content (AvgIpc) is 3.11. The summed E-state index contributed by atoms with van der Waals surface area (Å²) in [5, 5.41) is 3.99. The van der Waals surface area contributed by atoms with E-state index in [2.05, 4.69) is 22.2 Å². The fourth-order valence-electron chi connectivity index (χ4n) is 2.90. The lowest BCUT2D eigenvalue weighted by atomic mass is 10.2. The highest BCUT2D eigenvalue weighted by Gasteiger charge is 2.22. The van der Waals surface area contributed by atoms with Gasteiger partial charge in [0.25, 0.3) is 5.91 Å². The third-order valence-electron chi connectivity index (χ3n) is 4.10. The molecule has 0 bridgehead atoms. The van der Waals surface area contributed by atoms with Crippen molar-refractivity contribution in [2.24, 2.45) is 0 Å². The van der Waals surface area contributed by atoms with E-state index in [9.17, 15) is 4.79 Å². The summed E-state index contributed by atoms with van der Waals surface area (Å²) in [4.78, 5) is 17.7. The first-order valence-corrected chi connectivity index (χ1v) is 7.35. The smallest absolute Gasteiger partial charge is 0.267 e. The Labute approximate surface area is 129 Å². The Kier molecular flexibility index (Phi) is 3.94. The van der Waals surface area contributed by atoms with Crippen molar-refractivity contribution in [3.63, 3.8) is 0 Å². The first-order chi connectivity index (χ1) is 10.6. The van der Waals surface area contributed by atoms with Crippen LogP contribution in [0.4, 0.5) is 0 Å². The van der Waals surface area contributed by atoms with E-state index in [1.165, 1.54) is 0 Å². The molecule has 1 fully saturated rings. The molecule has 1 aliphatic rings. The number of carbonyl (C=O) groups excluding carboxylic acids is 1. The lowest BCUT2D eigenvalue weighted by molar-refractivity contribution is 0.0934. The standard InChI is InChI=1S/C16H21N3O3/c1-19-5-4-11(9-19)17-16(20)13-6-10-7-14(21-2)15(22-3)8-12(10)18-13/h6-8,11,18H,4-5,9H2,1-3H3,(H,17,20)/t11-/m1/s1.